The molecule has 0 aromatic heterocycles. The van der Waals surface area contributed by atoms with Crippen molar-refractivity contribution in [3.05, 3.63) is 29.3 Å². The lowest BCUT2D eigenvalue weighted by atomic mass is 9.98. The minimum absolute atomic E-state index is 0.0211. The number of carbonyl (C=O) groups is 2. The Bertz CT molecular complexity index is 494. The van der Waals surface area contributed by atoms with Crippen LogP contribution in [0.5, 0.6) is 5.75 Å². The van der Waals surface area contributed by atoms with Crippen molar-refractivity contribution < 1.29 is 14.3 Å². The van der Waals surface area contributed by atoms with Crippen LogP contribution in [0.1, 0.15) is 12.8 Å². The summed E-state index contributed by atoms with van der Waals surface area (Å²) in [6.45, 7) is 1.36. The molecule has 0 aliphatic carbocycles. The smallest absolute Gasteiger partial charge is 0.227 e. The summed E-state index contributed by atoms with van der Waals surface area (Å²) in [5.74, 6) is 0.677. The fraction of sp³-hybridized carbons (Fsp3) is 0.467. The van der Waals surface area contributed by atoms with E-state index in [1.165, 1.54) is 0 Å². The summed E-state index contributed by atoms with van der Waals surface area (Å²) in [5, 5.41) is 3.39. The molecule has 0 saturated carbocycles. The van der Waals surface area contributed by atoms with Gasteiger partial charge in [0.2, 0.25) is 11.8 Å². The highest BCUT2D eigenvalue weighted by Gasteiger charge is 2.26. The van der Waals surface area contributed by atoms with Gasteiger partial charge in [-0.05, 0) is 30.7 Å². The second-order valence-electron chi connectivity index (χ2n) is 5.10. The molecule has 6 heteroatoms. The quantitative estimate of drug-likeness (QED) is 0.900. The highest BCUT2D eigenvalue weighted by atomic mass is 35.5. The van der Waals surface area contributed by atoms with Gasteiger partial charge < -0.3 is 15.0 Å². The summed E-state index contributed by atoms with van der Waals surface area (Å²) in [5.41, 5.74) is 0. The number of likely N-dealkylation sites (N-methyl/N-ethyl adjacent to an activating group) is 1. The van der Waals surface area contributed by atoms with E-state index in [1.807, 2.05) is 0 Å². The number of hydrogen-bond donors (Lipinski definition) is 1. The van der Waals surface area contributed by atoms with Gasteiger partial charge in [-0.3, -0.25) is 9.59 Å². The Morgan fingerprint density at radius 1 is 1.43 bits per heavy atom. The van der Waals surface area contributed by atoms with E-state index in [4.69, 9.17) is 16.3 Å². The van der Waals surface area contributed by atoms with Crippen molar-refractivity contribution in [1.29, 1.82) is 0 Å². The maximum absolute atomic E-state index is 12.2. The molecule has 1 heterocycles. The summed E-state index contributed by atoms with van der Waals surface area (Å²) in [6, 6.07) is 7.11. The summed E-state index contributed by atoms with van der Waals surface area (Å²) in [7, 11) is 1.75. The first kappa shape index (κ1) is 15.6. The lowest BCUT2D eigenvalue weighted by Crippen LogP contribution is -2.44. The Morgan fingerprint density at radius 3 is 2.76 bits per heavy atom. The molecular weight excluding hydrogens is 292 g/mol. The number of rotatable bonds is 5. The maximum Gasteiger partial charge on any atom is 0.227 e. The first-order chi connectivity index (χ1) is 10.1. The monoisotopic (exact) mass is 310 g/mol. The number of nitrogens with zero attached hydrogens (tertiary/aromatic N) is 1. The molecule has 1 atom stereocenters. The molecule has 1 N–H and O–H groups in total. The molecule has 1 aliphatic rings. The number of piperidine rings is 1. The Kier molecular flexibility index (Phi) is 5.44. The molecule has 0 radical (unpaired) electrons. The van der Waals surface area contributed by atoms with Crippen LogP contribution in [-0.4, -0.2) is 43.5 Å². The summed E-state index contributed by atoms with van der Waals surface area (Å²) >= 11 is 5.80. The van der Waals surface area contributed by atoms with Crippen molar-refractivity contribution >= 4 is 23.4 Å². The summed E-state index contributed by atoms with van der Waals surface area (Å²) in [4.78, 5) is 24.9. The van der Waals surface area contributed by atoms with Crippen molar-refractivity contribution in [2.45, 2.75) is 12.8 Å². The number of nitrogens with one attached hydrogen (secondary N) is 1. The molecular formula is C15H19ClN2O3. The van der Waals surface area contributed by atoms with Crippen molar-refractivity contribution in [1.82, 2.24) is 10.2 Å². The van der Waals surface area contributed by atoms with Gasteiger partial charge in [0.1, 0.15) is 12.4 Å². The van der Waals surface area contributed by atoms with Gasteiger partial charge in [0.05, 0.1) is 12.5 Å². The third-order valence-corrected chi connectivity index (χ3v) is 3.75. The third kappa shape index (κ3) is 4.63. The van der Waals surface area contributed by atoms with Crippen LogP contribution in [0.15, 0.2) is 24.3 Å². The molecule has 0 spiro atoms. The maximum atomic E-state index is 12.2. The molecule has 1 aromatic rings. The lowest BCUT2D eigenvalue weighted by molar-refractivity contribution is -0.136. The number of hydrogen-bond acceptors (Lipinski definition) is 3. The molecule has 2 amide bonds. The van der Waals surface area contributed by atoms with Gasteiger partial charge in [0.25, 0.3) is 0 Å². The topological polar surface area (TPSA) is 58.6 Å². The van der Waals surface area contributed by atoms with Gasteiger partial charge in [-0.15, -0.1) is 0 Å². The van der Waals surface area contributed by atoms with E-state index in [0.29, 0.717) is 37.6 Å². The van der Waals surface area contributed by atoms with Gasteiger partial charge in [-0.2, -0.15) is 0 Å². The standard InChI is InChI=1S/C15H19ClN2O3/c1-18(15(20)11-2-7-14(19)17-10-11)8-9-21-13-5-3-12(16)4-6-13/h3-6,11H,2,7-10H2,1H3,(H,17,19). The van der Waals surface area contributed by atoms with E-state index in [2.05, 4.69) is 5.32 Å². The zero-order chi connectivity index (χ0) is 15.2. The predicted octanol–water partition coefficient (Wildman–Crippen LogP) is 1.70. The molecule has 1 aliphatic heterocycles. The Hall–Kier alpha value is -1.75. The number of amides is 2. The average Bonchev–Trinajstić information content (AvgIpc) is 2.49. The van der Waals surface area contributed by atoms with E-state index in [1.54, 1.807) is 36.2 Å². The van der Waals surface area contributed by atoms with Gasteiger partial charge in [0.15, 0.2) is 0 Å². The van der Waals surface area contributed by atoms with Crippen molar-refractivity contribution in [3.8, 4) is 5.75 Å². The molecule has 1 saturated heterocycles. The van der Waals surface area contributed by atoms with E-state index in [9.17, 15) is 9.59 Å². The Morgan fingerprint density at radius 2 is 2.14 bits per heavy atom. The van der Waals surface area contributed by atoms with E-state index >= 15 is 0 Å². The summed E-state index contributed by atoms with van der Waals surface area (Å²) < 4.78 is 5.56. The molecule has 1 aromatic carbocycles. The molecule has 0 bridgehead atoms. The Balaban J connectivity index is 1.73. The summed E-state index contributed by atoms with van der Waals surface area (Å²) in [6.07, 6.45) is 1.04. The van der Waals surface area contributed by atoms with Crippen molar-refractivity contribution in [3.63, 3.8) is 0 Å². The van der Waals surface area contributed by atoms with E-state index < -0.39 is 0 Å². The minimum atomic E-state index is -0.122. The average molecular weight is 311 g/mol. The predicted molar refractivity (Wildman–Crippen MR) is 80.3 cm³/mol. The van der Waals surface area contributed by atoms with Gasteiger partial charge in [0, 0.05) is 25.0 Å². The van der Waals surface area contributed by atoms with Gasteiger partial charge >= 0.3 is 0 Å². The second-order valence-corrected chi connectivity index (χ2v) is 5.54. The van der Waals surface area contributed by atoms with Crippen LogP contribution < -0.4 is 10.1 Å². The first-order valence-electron chi connectivity index (χ1n) is 6.96. The fourth-order valence-electron chi connectivity index (χ4n) is 2.20. The minimum Gasteiger partial charge on any atom is -0.492 e. The number of halogens is 1. The zero-order valence-corrected chi connectivity index (χ0v) is 12.7. The van der Waals surface area contributed by atoms with Crippen LogP contribution in [0.4, 0.5) is 0 Å². The normalized spacial score (nSPS) is 18.0. The van der Waals surface area contributed by atoms with Crippen LogP contribution in [0.25, 0.3) is 0 Å². The van der Waals surface area contributed by atoms with Crippen LogP contribution in [0.2, 0.25) is 5.02 Å². The van der Waals surface area contributed by atoms with Crippen LogP contribution in [-0.2, 0) is 9.59 Å². The largest absolute Gasteiger partial charge is 0.492 e. The van der Waals surface area contributed by atoms with Crippen LogP contribution >= 0.6 is 11.6 Å². The molecule has 114 valence electrons. The van der Waals surface area contributed by atoms with Gasteiger partial charge in [-0.1, -0.05) is 11.6 Å². The molecule has 1 fully saturated rings. The van der Waals surface area contributed by atoms with Crippen molar-refractivity contribution in [2.24, 2.45) is 5.92 Å². The fourth-order valence-corrected chi connectivity index (χ4v) is 2.32. The number of carbonyl (C=O) groups excluding carboxylic acids is 2. The lowest BCUT2D eigenvalue weighted by Gasteiger charge is -2.26. The molecule has 2 rings (SSSR count). The first-order valence-corrected chi connectivity index (χ1v) is 7.34. The highest BCUT2D eigenvalue weighted by Crippen LogP contribution is 2.16. The van der Waals surface area contributed by atoms with Gasteiger partial charge in [-0.25, -0.2) is 0 Å². The SMILES string of the molecule is CN(CCOc1ccc(Cl)cc1)C(=O)C1CCC(=O)NC1. The third-order valence-electron chi connectivity index (χ3n) is 3.50. The molecule has 5 nitrogen and oxygen atoms in total. The molecule has 21 heavy (non-hydrogen) atoms. The van der Waals surface area contributed by atoms with Crippen LogP contribution in [0, 0.1) is 5.92 Å². The molecule has 1 unspecified atom stereocenters. The van der Waals surface area contributed by atoms with Crippen LogP contribution in [0.3, 0.4) is 0 Å². The van der Waals surface area contributed by atoms with E-state index in [0.717, 1.165) is 5.75 Å². The number of benzene rings is 1. The van der Waals surface area contributed by atoms with Crippen molar-refractivity contribution in [2.75, 3.05) is 26.7 Å². The Labute approximate surface area is 129 Å². The number of ether oxygens (including phenoxy) is 1. The van der Waals surface area contributed by atoms with E-state index in [-0.39, 0.29) is 17.7 Å². The zero-order valence-electron chi connectivity index (χ0n) is 12.0. The highest BCUT2D eigenvalue weighted by molar-refractivity contribution is 6.30. The second kappa shape index (κ2) is 7.31.